The van der Waals surface area contributed by atoms with Crippen LogP contribution >= 0.6 is 0 Å². The number of carbonyl (C=O) groups is 1. The van der Waals surface area contributed by atoms with Gasteiger partial charge in [-0.15, -0.1) is 0 Å². The lowest BCUT2D eigenvalue weighted by Crippen LogP contribution is -2.27. The van der Waals surface area contributed by atoms with Crippen LogP contribution in [0, 0.1) is 6.92 Å². The summed E-state index contributed by atoms with van der Waals surface area (Å²) in [5.41, 5.74) is 4.53. The van der Waals surface area contributed by atoms with Crippen LogP contribution in [-0.2, 0) is 0 Å². The summed E-state index contributed by atoms with van der Waals surface area (Å²) in [6.07, 6.45) is 4.93. The molecule has 5 rings (SSSR count). The fourth-order valence-corrected chi connectivity index (χ4v) is 3.88. The molecular formula is C29H26N8O2. The lowest BCUT2D eigenvalue weighted by atomic mass is 10.1. The number of amides is 1. The number of hydrogen-bond acceptors (Lipinski definition) is 9. The van der Waals surface area contributed by atoms with Gasteiger partial charge in [0.15, 0.2) is 17.4 Å². The fraction of sp³-hybridized carbons (Fsp3) is 0.138. The molecule has 0 bridgehead atoms. The Morgan fingerprint density at radius 2 is 1.79 bits per heavy atom. The molecule has 0 spiro atoms. The number of hydrogen-bond donors (Lipinski definition) is 2. The van der Waals surface area contributed by atoms with Gasteiger partial charge in [0, 0.05) is 48.4 Å². The molecule has 0 fully saturated rings. The number of aliphatic imine (C=N–C) groups is 1. The van der Waals surface area contributed by atoms with Crippen LogP contribution in [0.3, 0.4) is 0 Å². The minimum absolute atomic E-state index is 0.245. The van der Waals surface area contributed by atoms with E-state index in [1.807, 2.05) is 56.3 Å². The molecule has 4 aromatic heterocycles. The Balaban J connectivity index is 1.25. The summed E-state index contributed by atoms with van der Waals surface area (Å²) in [5.74, 6) is 1.75. The molecular weight excluding hydrogens is 492 g/mol. The summed E-state index contributed by atoms with van der Waals surface area (Å²) in [4.78, 5) is 34.7. The van der Waals surface area contributed by atoms with Gasteiger partial charge in [-0.25, -0.2) is 9.97 Å². The molecule has 1 unspecified atom stereocenters. The normalized spacial score (nSPS) is 11.9. The standard InChI is InChI=1S/C29H26N8O2/c1-18-13-26(35-27-14-23(17-30-3)39-37-27)36-28(33-18)22-10-12-25(32-16-22)29(38)34-19(2)21-9-11-24(31-15-21)20-7-5-4-6-8-20/h4-17,19H,1-3H3,(H,34,38)(H,33,35,36,37). The molecule has 0 saturated heterocycles. The second-order valence-electron chi connectivity index (χ2n) is 8.82. The number of pyridine rings is 2. The van der Waals surface area contributed by atoms with Gasteiger partial charge in [-0.05, 0) is 37.6 Å². The first-order valence-corrected chi connectivity index (χ1v) is 12.3. The molecule has 194 valence electrons. The van der Waals surface area contributed by atoms with Gasteiger partial charge in [0.05, 0.1) is 18.0 Å². The highest BCUT2D eigenvalue weighted by Gasteiger charge is 2.15. The van der Waals surface area contributed by atoms with Crippen LogP contribution in [0.15, 0.2) is 88.6 Å². The Morgan fingerprint density at radius 1 is 0.949 bits per heavy atom. The van der Waals surface area contributed by atoms with E-state index < -0.39 is 0 Å². The summed E-state index contributed by atoms with van der Waals surface area (Å²) < 4.78 is 5.18. The Bertz CT molecular complexity index is 1600. The van der Waals surface area contributed by atoms with Gasteiger partial charge in [0.25, 0.3) is 5.91 Å². The zero-order valence-corrected chi connectivity index (χ0v) is 21.7. The Morgan fingerprint density at radius 3 is 2.51 bits per heavy atom. The summed E-state index contributed by atoms with van der Waals surface area (Å²) in [5, 5.41) is 10.0. The molecule has 1 aromatic carbocycles. The molecule has 1 atom stereocenters. The second kappa shape index (κ2) is 11.4. The molecule has 0 saturated carbocycles. The van der Waals surface area contributed by atoms with E-state index in [4.69, 9.17) is 4.52 Å². The van der Waals surface area contributed by atoms with E-state index in [9.17, 15) is 4.79 Å². The van der Waals surface area contributed by atoms with E-state index in [1.165, 1.54) is 0 Å². The Labute approximate surface area is 225 Å². The van der Waals surface area contributed by atoms with Crippen LogP contribution in [0.25, 0.3) is 22.6 Å². The van der Waals surface area contributed by atoms with Crippen molar-refractivity contribution in [3.63, 3.8) is 0 Å². The van der Waals surface area contributed by atoms with Gasteiger partial charge in [-0.2, -0.15) is 0 Å². The van der Waals surface area contributed by atoms with Crippen molar-refractivity contribution in [2.24, 2.45) is 4.99 Å². The van der Waals surface area contributed by atoms with Crippen molar-refractivity contribution >= 4 is 23.8 Å². The number of carbonyl (C=O) groups excluding carboxylic acids is 1. The number of anilines is 2. The first-order valence-electron chi connectivity index (χ1n) is 12.3. The number of nitrogens with one attached hydrogen (secondary N) is 2. The fourth-order valence-electron chi connectivity index (χ4n) is 3.88. The van der Waals surface area contributed by atoms with Crippen LogP contribution in [0.1, 0.15) is 40.5 Å². The maximum atomic E-state index is 12.9. The average Bonchev–Trinajstić information content (AvgIpc) is 3.40. The monoisotopic (exact) mass is 518 g/mol. The van der Waals surface area contributed by atoms with Crippen molar-refractivity contribution in [1.29, 1.82) is 0 Å². The zero-order chi connectivity index (χ0) is 27.2. The number of rotatable bonds is 8. The van der Waals surface area contributed by atoms with Crippen molar-refractivity contribution in [3.05, 3.63) is 102 Å². The van der Waals surface area contributed by atoms with Crippen LogP contribution in [0.5, 0.6) is 0 Å². The molecule has 2 N–H and O–H groups in total. The summed E-state index contributed by atoms with van der Waals surface area (Å²) >= 11 is 0. The molecule has 39 heavy (non-hydrogen) atoms. The molecule has 1 amide bonds. The minimum Gasteiger partial charge on any atom is -0.353 e. The van der Waals surface area contributed by atoms with Crippen LogP contribution in [-0.4, -0.2) is 44.3 Å². The SMILES string of the molecule is CN=Cc1cc(Nc2cc(C)nc(-c3ccc(C(=O)NC(C)c4ccc(-c5ccccc5)nc4)nc3)n2)no1. The number of nitrogens with zero attached hydrogens (tertiary/aromatic N) is 6. The highest BCUT2D eigenvalue weighted by Crippen LogP contribution is 2.22. The van der Waals surface area contributed by atoms with Gasteiger partial charge in [0.1, 0.15) is 11.5 Å². The third-order valence-corrected chi connectivity index (χ3v) is 5.85. The largest absolute Gasteiger partial charge is 0.353 e. The second-order valence-corrected chi connectivity index (χ2v) is 8.82. The van der Waals surface area contributed by atoms with Gasteiger partial charge >= 0.3 is 0 Å². The van der Waals surface area contributed by atoms with Crippen LogP contribution in [0.4, 0.5) is 11.6 Å². The average molecular weight is 519 g/mol. The molecule has 10 nitrogen and oxygen atoms in total. The quantitative estimate of drug-likeness (QED) is 0.269. The third kappa shape index (κ3) is 6.19. The topological polar surface area (TPSA) is 131 Å². The predicted molar refractivity (Wildman–Crippen MR) is 149 cm³/mol. The van der Waals surface area contributed by atoms with E-state index in [0.717, 1.165) is 22.5 Å². The van der Waals surface area contributed by atoms with Crippen molar-refractivity contribution in [2.75, 3.05) is 12.4 Å². The highest BCUT2D eigenvalue weighted by molar-refractivity contribution is 5.92. The molecule has 0 radical (unpaired) electrons. The zero-order valence-electron chi connectivity index (χ0n) is 21.7. The molecule has 5 aromatic rings. The maximum Gasteiger partial charge on any atom is 0.270 e. The van der Waals surface area contributed by atoms with Crippen LogP contribution in [0.2, 0.25) is 0 Å². The molecule has 10 heteroatoms. The van der Waals surface area contributed by atoms with Crippen molar-refractivity contribution in [2.45, 2.75) is 19.9 Å². The molecule has 0 aliphatic heterocycles. The Kier molecular flexibility index (Phi) is 7.44. The first-order chi connectivity index (χ1) is 19.0. The number of aryl methyl sites for hydroxylation is 1. The summed E-state index contributed by atoms with van der Waals surface area (Å²) in [7, 11) is 1.65. The van der Waals surface area contributed by atoms with Gasteiger partial charge in [-0.1, -0.05) is 41.6 Å². The Hall–Kier alpha value is -5.25. The highest BCUT2D eigenvalue weighted by atomic mass is 16.5. The summed E-state index contributed by atoms with van der Waals surface area (Å²) in [6.45, 7) is 3.78. The molecule has 4 heterocycles. The predicted octanol–water partition coefficient (Wildman–Crippen LogP) is 5.18. The lowest BCUT2D eigenvalue weighted by Gasteiger charge is -2.14. The van der Waals surface area contributed by atoms with Crippen molar-refractivity contribution < 1.29 is 9.32 Å². The number of benzene rings is 1. The van der Waals surface area contributed by atoms with E-state index in [2.05, 4.69) is 40.7 Å². The van der Waals surface area contributed by atoms with E-state index in [0.29, 0.717) is 28.8 Å². The van der Waals surface area contributed by atoms with E-state index in [1.54, 1.807) is 49.9 Å². The number of aromatic nitrogens is 5. The minimum atomic E-state index is -0.286. The smallest absolute Gasteiger partial charge is 0.270 e. The molecule has 0 aliphatic rings. The van der Waals surface area contributed by atoms with Gasteiger partial charge in [-0.3, -0.25) is 19.8 Å². The summed E-state index contributed by atoms with van der Waals surface area (Å²) in [6, 6.07) is 20.6. The third-order valence-electron chi connectivity index (χ3n) is 5.85. The van der Waals surface area contributed by atoms with E-state index >= 15 is 0 Å². The van der Waals surface area contributed by atoms with Gasteiger partial charge in [0.2, 0.25) is 0 Å². The maximum absolute atomic E-state index is 12.9. The van der Waals surface area contributed by atoms with E-state index in [-0.39, 0.29) is 17.6 Å². The van der Waals surface area contributed by atoms with Gasteiger partial charge < -0.3 is 15.2 Å². The lowest BCUT2D eigenvalue weighted by molar-refractivity contribution is 0.0935. The van der Waals surface area contributed by atoms with Crippen LogP contribution < -0.4 is 10.6 Å². The van der Waals surface area contributed by atoms with Crippen molar-refractivity contribution in [3.8, 4) is 22.6 Å². The first kappa shape index (κ1) is 25.4. The molecule has 0 aliphatic carbocycles. The van der Waals surface area contributed by atoms with Crippen molar-refractivity contribution in [1.82, 2.24) is 30.4 Å².